The van der Waals surface area contributed by atoms with Gasteiger partial charge in [-0.1, -0.05) is 13.8 Å². The van der Waals surface area contributed by atoms with Crippen molar-refractivity contribution in [1.82, 2.24) is 24.3 Å². The predicted molar refractivity (Wildman–Crippen MR) is 80.9 cm³/mol. The maximum absolute atomic E-state index is 4.61. The summed E-state index contributed by atoms with van der Waals surface area (Å²) in [5.41, 5.74) is 1.07. The zero-order chi connectivity index (χ0) is 13.9. The van der Waals surface area contributed by atoms with E-state index in [4.69, 9.17) is 0 Å². The molecule has 6 heteroatoms. The van der Waals surface area contributed by atoms with Gasteiger partial charge in [0, 0.05) is 30.2 Å². The van der Waals surface area contributed by atoms with Gasteiger partial charge in [-0.25, -0.2) is 9.97 Å². The molecule has 0 radical (unpaired) electrons. The molecule has 0 aliphatic carbocycles. The second-order valence-corrected chi connectivity index (χ2v) is 6.19. The van der Waals surface area contributed by atoms with Gasteiger partial charge in [0.05, 0.1) is 18.8 Å². The van der Waals surface area contributed by atoms with E-state index in [1.165, 1.54) is 0 Å². The highest BCUT2D eigenvalue weighted by atomic mass is 32.1. The van der Waals surface area contributed by atoms with Crippen LogP contribution < -0.4 is 5.32 Å². The van der Waals surface area contributed by atoms with Crippen molar-refractivity contribution in [3.05, 3.63) is 41.7 Å². The summed E-state index contributed by atoms with van der Waals surface area (Å²) in [5.74, 6) is 1.71. The quantitative estimate of drug-likeness (QED) is 0.758. The predicted octanol–water partition coefficient (Wildman–Crippen LogP) is 2.39. The summed E-state index contributed by atoms with van der Waals surface area (Å²) in [6.45, 7) is 6.99. The van der Waals surface area contributed by atoms with Crippen molar-refractivity contribution in [3.63, 3.8) is 0 Å². The minimum atomic E-state index is 0.651. The molecule has 0 aliphatic heterocycles. The Kier molecular flexibility index (Phi) is 3.84. The van der Waals surface area contributed by atoms with Crippen molar-refractivity contribution in [2.75, 3.05) is 6.54 Å². The minimum Gasteiger partial charge on any atom is -0.328 e. The van der Waals surface area contributed by atoms with Gasteiger partial charge >= 0.3 is 0 Å². The third-order valence-electron chi connectivity index (χ3n) is 3.11. The van der Waals surface area contributed by atoms with Crippen LogP contribution >= 0.6 is 11.3 Å². The lowest BCUT2D eigenvalue weighted by Gasteiger charge is -2.09. The Labute approximate surface area is 122 Å². The van der Waals surface area contributed by atoms with E-state index in [2.05, 4.69) is 44.3 Å². The topological polar surface area (TPSA) is 47.2 Å². The van der Waals surface area contributed by atoms with E-state index in [9.17, 15) is 0 Å². The monoisotopic (exact) mass is 289 g/mol. The molecule has 0 unspecified atom stereocenters. The zero-order valence-electron chi connectivity index (χ0n) is 11.8. The van der Waals surface area contributed by atoms with Crippen molar-refractivity contribution >= 4 is 16.3 Å². The first-order valence-electron chi connectivity index (χ1n) is 6.84. The SMILES string of the molecule is CC(C)CNCc1nccn1Cc1cn2ccsc2n1. The largest absolute Gasteiger partial charge is 0.328 e. The van der Waals surface area contributed by atoms with Crippen LogP contribution in [0.2, 0.25) is 0 Å². The fourth-order valence-electron chi connectivity index (χ4n) is 2.15. The number of thiazole rings is 1. The number of nitrogens with one attached hydrogen (secondary N) is 1. The minimum absolute atomic E-state index is 0.651. The highest BCUT2D eigenvalue weighted by Gasteiger charge is 2.07. The van der Waals surface area contributed by atoms with E-state index < -0.39 is 0 Å². The third kappa shape index (κ3) is 2.91. The molecule has 1 N–H and O–H groups in total. The Morgan fingerprint density at radius 3 is 3.05 bits per heavy atom. The Morgan fingerprint density at radius 2 is 2.25 bits per heavy atom. The lowest BCUT2D eigenvalue weighted by Crippen LogP contribution is -2.21. The van der Waals surface area contributed by atoms with Gasteiger partial charge in [0.25, 0.3) is 0 Å². The van der Waals surface area contributed by atoms with E-state index in [-0.39, 0.29) is 0 Å². The fraction of sp³-hybridized carbons (Fsp3) is 0.429. The maximum atomic E-state index is 4.61. The highest BCUT2D eigenvalue weighted by molar-refractivity contribution is 7.15. The lowest BCUT2D eigenvalue weighted by molar-refractivity contribution is 0.532. The van der Waals surface area contributed by atoms with Crippen LogP contribution in [0.25, 0.3) is 4.96 Å². The van der Waals surface area contributed by atoms with Gasteiger partial charge < -0.3 is 9.88 Å². The van der Waals surface area contributed by atoms with Crippen LogP contribution in [-0.4, -0.2) is 25.5 Å². The van der Waals surface area contributed by atoms with Gasteiger partial charge in [0.15, 0.2) is 4.96 Å². The van der Waals surface area contributed by atoms with Gasteiger partial charge in [0.1, 0.15) is 5.82 Å². The van der Waals surface area contributed by atoms with Crippen LogP contribution in [0.4, 0.5) is 0 Å². The third-order valence-corrected chi connectivity index (χ3v) is 3.88. The van der Waals surface area contributed by atoms with Gasteiger partial charge in [-0.15, -0.1) is 11.3 Å². The molecule has 0 saturated carbocycles. The number of rotatable bonds is 6. The molecule has 106 valence electrons. The number of fused-ring (bicyclic) bond motifs is 1. The van der Waals surface area contributed by atoms with Gasteiger partial charge in [-0.05, 0) is 12.5 Å². The summed E-state index contributed by atoms with van der Waals surface area (Å²) in [6, 6.07) is 0. The first-order chi connectivity index (χ1) is 9.72. The Hall–Kier alpha value is -1.66. The fourth-order valence-corrected chi connectivity index (χ4v) is 2.87. The molecule has 20 heavy (non-hydrogen) atoms. The summed E-state index contributed by atoms with van der Waals surface area (Å²) in [7, 11) is 0. The molecule has 0 spiro atoms. The average Bonchev–Trinajstić information content (AvgIpc) is 3.05. The smallest absolute Gasteiger partial charge is 0.193 e. The summed E-state index contributed by atoms with van der Waals surface area (Å²) in [4.78, 5) is 10.1. The normalized spacial score (nSPS) is 11.8. The summed E-state index contributed by atoms with van der Waals surface area (Å²) in [6.07, 6.45) is 7.98. The molecule has 0 amide bonds. The van der Waals surface area contributed by atoms with Gasteiger partial charge in [-0.3, -0.25) is 4.40 Å². The van der Waals surface area contributed by atoms with Crippen LogP contribution in [0.1, 0.15) is 25.4 Å². The number of imidazole rings is 2. The molecule has 0 saturated heterocycles. The molecular weight excluding hydrogens is 270 g/mol. The van der Waals surface area contributed by atoms with Crippen LogP contribution in [-0.2, 0) is 13.1 Å². The second-order valence-electron chi connectivity index (χ2n) is 5.32. The summed E-state index contributed by atoms with van der Waals surface area (Å²) in [5, 5.41) is 5.47. The molecule has 0 aromatic carbocycles. The van der Waals surface area contributed by atoms with E-state index >= 15 is 0 Å². The summed E-state index contributed by atoms with van der Waals surface area (Å²) < 4.78 is 4.22. The van der Waals surface area contributed by atoms with E-state index in [0.29, 0.717) is 5.92 Å². The van der Waals surface area contributed by atoms with Crippen molar-refractivity contribution in [3.8, 4) is 0 Å². The van der Waals surface area contributed by atoms with Crippen molar-refractivity contribution in [2.24, 2.45) is 5.92 Å². The zero-order valence-corrected chi connectivity index (χ0v) is 12.6. The molecule has 5 nitrogen and oxygen atoms in total. The van der Waals surface area contributed by atoms with E-state index in [0.717, 1.165) is 36.1 Å². The Balaban J connectivity index is 1.68. The molecular formula is C14H19N5S. The number of hydrogen-bond acceptors (Lipinski definition) is 4. The van der Waals surface area contributed by atoms with Crippen molar-refractivity contribution in [1.29, 1.82) is 0 Å². The molecule has 0 fully saturated rings. The highest BCUT2D eigenvalue weighted by Crippen LogP contribution is 2.12. The number of nitrogens with zero attached hydrogens (tertiary/aromatic N) is 4. The molecule has 0 bridgehead atoms. The molecule has 3 aromatic heterocycles. The molecule has 0 aliphatic rings. The number of aromatic nitrogens is 4. The standard InChI is InChI=1S/C14H19N5S/c1-11(2)7-15-8-13-16-3-4-18(13)9-12-10-19-5-6-20-14(19)17-12/h3-6,10-11,15H,7-9H2,1-2H3. The van der Waals surface area contributed by atoms with Crippen molar-refractivity contribution in [2.45, 2.75) is 26.9 Å². The molecule has 3 aromatic rings. The maximum Gasteiger partial charge on any atom is 0.193 e. The lowest BCUT2D eigenvalue weighted by atomic mass is 10.2. The van der Waals surface area contributed by atoms with Crippen molar-refractivity contribution < 1.29 is 0 Å². The number of hydrogen-bond donors (Lipinski definition) is 1. The first kappa shape index (κ1) is 13.3. The van der Waals surface area contributed by atoms with E-state index in [1.54, 1.807) is 11.3 Å². The van der Waals surface area contributed by atoms with Crippen LogP contribution in [0.3, 0.4) is 0 Å². The van der Waals surface area contributed by atoms with Crippen LogP contribution in [0.5, 0.6) is 0 Å². The Morgan fingerprint density at radius 1 is 1.35 bits per heavy atom. The van der Waals surface area contributed by atoms with Gasteiger partial charge in [0.2, 0.25) is 0 Å². The molecule has 3 heterocycles. The van der Waals surface area contributed by atoms with E-state index in [1.807, 2.05) is 24.0 Å². The average molecular weight is 289 g/mol. The molecule has 0 atom stereocenters. The summed E-state index contributed by atoms with van der Waals surface area (Å²) >= 11 is 1.66. The van der Waals surface area contributed by atoms with Crippen LogP contribution in [0.15, 0.2) is 30.2 Å². The Bertz CT molecular complexity index is 650. The van der Waals surface area contributed by atoms with Gasteiger partial charge in [-0.2, -0.15) is 0 Å². The first-order valence-corrected chi connectivity index (χ1v) is 7.72. The second kappa shape index (κ2) is 5.76. The van der Waals surface area contributed by atoms with Crippen LogP contribution in [0, 0.1) is 5.92 Å². The molecule has 3 rings (SSSR count).